The Hall–Kier alpha value is -2.93. The van der Waals surface area contributed by atoms with E-state index in [0.717, 1.165) is 23.2 Å². The number of carbonyl (C=O) groups is 2. The van der Waals surface area contributed by atoms with E-state index < -0.39 is 0 Å². The summed E-state index contributed by atoms with van der Waals surface area (Å²) in [7, 11) is 0. The second kappa shape index (κ2) is 8.18. The first kappa shape index (κ1) is 18.8. The highest BCUT2D eigenvalue weighted by atomic mass is 32.1. The minimum atomic E-state index is -0.279. The molecule has 2 N–H and O–H groups in total. The van der Waals surface area contributed by atoms with Crippen LogP contribution in [0.15, 0.2) is 40.3 Å². The van der Waals surface area contributed by atoms with Crippen molar-refractivity contribution in [1.82, 2.24) is 4.98 Å². The number of nitrogens with one attached hydrogen (secondary N) is 2. The monoisotopic (exact) mass is 383 g/mol. The predicted molar refractivity (Wildman–Crippen MR) is 106 cm³/mol. The van der Waals surface area contributed by atoms with Gasteiger partial charge >= 0.3 is 0 Å². The van der Waals surface area contributed by atoms with Crippen LogP contribution >= 0.6 is 11.3 Å². The molecule has 0 aliphatic rings. The first-order valence-corrected chi connectivity index (χ1v) is 9.54. The molecule has 6 nitrogen and oxygen atoms in total. The molecule has 0 unspecified atom stereocenters. The summed E-state index contributed by atoms with van der Waals surface area (Å²) in [5.74, 6) is 0.139. The number of aromatic nitrogens is 1. The minimum absolute atomic E-state index is 0.132. The fraction of sp³-hybridized carbons (Fsp3) is 0.250. The Balaban J connectivity index is 1.63. The number of carbonyl (C=O) groups excluding carboxylic acids is 2. The van der Waals surface area contributed by atoms with Crippen LogP contribution in [0.5, 0.6) is 0 Å². The summed E-state index contributed by atoms with van der Waals surface area (Å²) < 4.78 is 5.14. The Kier molecular flexibility index (Phi) is 5.71. The fourth-order valence-corrected chi connectivity index (χ4v) is 3.49. The van der Waals surface area contributed by atoms with Crippen molar-refractivity contribution in [3.8, 4) is 0 Å². The Morgan fingerprint density at radius 3 is 2.70 bits per heavy atom. The van der Waals surface area contributed by atoms with Gasteiger partial charge < -0.3 is 9.73 Å². The van der Waals surface area contributed by atoms with Crippen molar-refractivity contribution in [3.63, 3.8) is 0 Å². The van der Waals surface area contributed by atoms with Crippen LogP contribution in [0.1, 0.15) is 39.9 Å². The van der Waals surface area contributed by atoms with Crippen molar-refractivity contribution in [2.24, 2.45) is 0 Å². The van der Waals surface area contributed by atoms with Crippen molar-refractivity contribution in [1.29, 1.82) is 0 Å². The first-order valence-electron chi connectivity index (χ1n) is 8.66. The van der Waals surface area contributed by atoms with Gasteiger partial charge in [-0.25, -0.2) is 4.98 Å². The van der Waals surface area contributed by atoms with Gasteiger partial charge in [0.1, 0.15) is 5.76 Å². The molecule has 0 spiro atoms. The molecule has 3 rings (SSSR count). The number of amides is 2. The van der Waals surface area contributed by atoms with Crippen molar-refractivity contribution in [2.45, 2.75) is 33.6 Å². The number of thiazole rings is 1. The molecule has 0 bridgehead atoms. The van der Waals surface area contributed by atoms with Gasteiger partial charge in [0, 0.05) is 11.1 Å². The topological polar surface area (TPSA) is 84.2 Å². The molecule has 2 heterocycles. The number of para-hydroxylation sites is 1. The summed E-state index contributed by atoms with van der Waals surface area (Å²) in [6.45, 7) is 5.76. The molecule has 140 valence electrons. The van der Waals surface area contributed by atoms with Crippen molar-refractivity contribution in [2.75, 3.05) is 10.6 Å². The zero-order valence-electron chi connectivity index (χ0n) is 15.5. The number of nitrogens with zero attached hydrogens (tertiary/aromatic N) is 1. The first-order chi connectivity index (χ1) is 13.0. The highest BCUT2D eigenvalue weighted by molar-refractivity contribution is 7.14. The Morgan fingerprint density at radius 2 is 2.00 bits per heavy atom. The predicted octanol–water partition coefficient (Wildman–Crippen LogP) is 4.35. The zero-order valence-corrected chi connectivity index (χ0v) is 16.3. The van der Waals surface area contributed by atoms with Crippen molar-refractivity contribution >= 4 is 34.0 Å². The number of anilines is 2. The van der Waals surface area contributed by atoms with Gasteiger partial charge in [-0.3, -0.25) is 14.9 Å². The van der Waals surface area contributed by atoms with Crippen LogP contribution in [0.2, 0.25) is 0 Å². The van der Waals surface area contributed by atoms with Gasteiger partial charge in [-0.2, -0.15) is 0 Å². The third-order valence-electron chi connectivity index (χ3n) is 4.22. The lowest BCUT2D eigenvalue weighted by Gasteiger charge is -2.12. The standard InChI is InChI=1S/C20H21N3O3S/c1-4-14-7-5-6-12(2)18(14)22-17(24)10-15-11-27-20(21-15)23-19(25)16-8-9-26-13(16)3/h5-9,11H,4,10H2,1-3H3,(H,22,24)(H,21,23,25). The van der Waals surface area contributed by atoms with Gasteiger partial charge in [-0.15, -0.1) is 11.3 Å². The fourth-order valence-electron chi connectivity index (χ4n) is 2.78. The zero-order chi connectivity index (χ0) is 19.4. The maximum Gasteiger partial charge on any atom is 0.260 e. The van der Waals surface area contributed by atoms with Crippen LogP contribution in [0.4, 0.5) is 10.8 Å². The molecule has 3 aromatic rings. The normalized spacial score (nSPS) is 10.6. The molecule has 2 aromatic heterocycles. The lowest BCUT2D eigenvalue weighted by Crippen LogP contribution is -2.17. The third-order valence-corrected chi connectivity index (χ3v) is 5.03. The second-order valence-corrected chi connectivity index (χ2v) is 7.03. The van der Waals surface area contributed by atoms with E-state index in [4.69, 9.17) is 4.42 Å². The second-order valence-electron chi connectivity index (χ2n) is 6.18. The average Bonchev–Trinajstić information content (AvgIpc) is 3.25. The maximum absolute atomic E-state index is 12.4. The van der Waals surface area contributed by atoms with Crippen LogP contribution < -0.4 is 10.6 Å². The molecular weight excluding hydrogens is 362 g/mol. The summed E-state index contributed by atoms with van der Waals surface area (Å²) in [6, 6.07) is 7.58. The summed E-state index contributed by atoms with van der Waals surface area (Å²) >= 11 is 1.29. The Morgan fingerprint density at radius 1 is 1.19 bits per heavy atom. The number of hydrogen-bond acceptors (Lipinski definition) is 5. The largest absolute Gasteiger partial charge is 0.469 e. The van der Waals surface area contributed by atoms with Crippen molar-refractivity contribution < 1.29 is 14.0 Å². The van der Waals surface area contributed by atoms with E-state index in [1.165, 1.54) is 17.6 Å². The highest BCUT2D eigenvalue weighted by Crippen LogP contribution is 2.22. The van der Waals surface area contributed by atoms with Gasteiger partial charge in [-0.1, -0.05) is 25.1 Å². The summed E-state index contributed by atoms with van der Waals surface area (Å²) in [5.41, 5.74) is 4.08. The third kappa shape index (κ3) is 4.43. The minimum Gasteiger partial charge on any atom is -0.469 e. The van der Waals surface area contributed by atoms with E-state index in [9.17, 15) is 9.59 Å². The average molecular weight is 383 g/mol. The molecule has 0 fully saturated rings. The van der Waals surface area contributed by atoms with Crippen LogP contribution in [0.3, 0.4) is 0 Å². The molecule has 0 atom stereocenters. The van der Waals surface area contributed by atoms with Crippen LogP contribution in [-0.4, -0.2) is 16.8 Å². The van der Waals surface area contributed by atoms with Gasteiger partial charge in [0.05, 0.1) is 23.9 Å². The molecule has 0 saturated heterocycles. The highest BCUT2D eigenvalue weighted by Gasteiger charge is 2.15. The van der Waals surface area contributed by atoms with Gasteiger partial charge in [0.25, 0.3) is 5.91 Å². The van der Waals surface area contributed by atoms with Gasteiger partial charge in [-0.05, 0) is 37.5 Å². The number of hydrogen-bond donors (Lipinski definition) is 2. The molecule has 1 aromatic carbocycles. The lowest BCUT2D eigenvalue weighted by atomic mass is 10.1. The van der Waals surface area contributed by atoms with E-state index in [0.29, 0.717) is 22.1 Å². The molecule has 27 heavy (non-hydrogen) atoms. The smallest absolute Gasteiger partial charge is 0.260 e. The number of aryl methyl sites for hydroxylation is 3. The molecule has 0 aliphatic carbocycles. The van der Waals surface area contributed by atoms with E-state index in [2.05, 4.69) is 22.5 Å². The van der Waals surface area contributed by atoms with E-state index in [1.54, 1.807) is 18.4 Å². The molecule has 7 heteroatoms. The molecule has 0 radical (unpaired) electrons. The van der Waals surface area contributed by atoms with E-state index >= 15 is 0 Å². The lowest BCUT2D eigenvalue weighted by molar-refractivity contribution is -0.115. The number of furan rings is 1. The molecule has 0 aliphatic heterocycles. The molecule has 2 amide bonds. The number of rotatable bonds is 6. The van der Waals surface area contributed by atoms with Crippen LogP contribution in [-0.2, 0) is 17.6 Å². The SMILES string of the molecule is CCc1cccc(C)c1NC(=O)Cc1csc(NC(=O)c2ccoc2C)n1. The summed E-state index contributed by atoms with van der Waals surface area (Å²) in [4.78, 5) is 28.9. The molecular formula is C20H21N3O3S. The van der Waals surface area contributed by atoms with Crippen molar-refractivity contribution in [3.05, 3.63) is 64.1 Å². The maximum atomic E-state index is 12.4. The van der Waals surface area contributed by atoms with Crippen LogP contribution in [0.25, 0.3) is 0 Å². The molecule has 0 saturated carbocycles. The van der Waals surface area contributed by atoms with E-state index in [-0.39, 0.29) is 18.2 Å². The summed E-state index contributed by atoms with van der Waals surface area (Å²) in [5, 5.41) is 7.94. The van der Waals surface area contributed by atoms with Gasteiger partial charge in [0.15, 0.2) is 5.13 Å². The van der Waals surface area contributed by atoms with Crippen LogP contribution in [0, 0.1) is 13.8 Å². The quantitative estimate of drug-likeness (QED) is 0.663. The Bertz CT molecular complexity index is 975. The summed E-state index contributed by atoms with van der Waals surface area (Å²) in [6.07, 6.45) is 2.46. The number of benzene rings is 1. The van der Waals surface area contributed by atoms with E-state index in [1.807, 2.05) is 25.1 Å². The van der Waals surface area contributed by atoms with Gasteiger partial charge in [0.2, 0.25) is 5.91 Å². The Labute approximate surface area is 161 Å².